The molecule has 4 N–H and O–H groups in total. The van der Waals surface area contributed by atoms with Crippen LogP contribution in [-0.4, -0.2) is 28.9 Å². The third-order valence-electron chi connectivity index (χ3n) is 5.35. The van der Waals surface area contributed by atoms with Crippen molar-refractivity contribution >= 4 is 40.6 Å². The molecular weight excluding hydrogens is 396 g/mol. The molecule has 1 saturated heterocycles. The van der Waals surface area contributed by atoms with Crippen LogP contribution in [0.4, 0.5) is 10.1 Å². The average molecular weight is 418 g/mol. The summed E-state index contributed by atoms with van der Waals surface area (Å²) in [6.45, 7) is 1.77. The second kappa shape index (κ2) is 7.33. The van der Waals surface area contributed by atoms with E-state index < -0.39 is 17.1 Å². The normalized spacial score (nSPS) is 20.0. The van der Waals surface area contributed by atoms with Crippen molar-refractivity contribution in [1.82, 2.24) is 9.24 Å². The Morgan fingerprint density at radius 3 is 2.59 bits per heavy atom. The van der Waals surface area contributed by atoms with Crippen molar-refractivity contribution in [1.29, 1.82) is 0 Å². The fourth-order valence-electron chi connectivity index (χ4n) is 3.85. The number of fused-ring (bicyclic) bond motifs is 1. The summed E-state index contributed by atoms with van der Waals surface area (Å²) in [7, 11) is 0. The molecule has 27 heavy (non-hydrogen) atoms. The summed E-state index contributed by atoms with van der Waals surface area (Å²) < 4.78 is 16.9. The second-order valence-corrected chi connectivity index (χ2v) is 7.54. The van der Waals surface area contributed by atoms with Gasteiger partial charge in [-0.3, -0.25) is 9.36 Å². The minimum atomic E-state index is -0.743. The van der Waals surface area contributed by atoms with E-state index >= 15 is 0 Å². The smallest absolute Gasteiger partial charge is 0.350 e. The number of halogens is 3. The molecule has 2 aliphatic rings. The van der Waals surface area contributed by atoms with Crippen molar-refractivity contribution in [3.05, 3.63) is 37.7 Å². The topological polar surface area (TPSA) is 99.3 Å². The lowest BCUT2D eigenvalue weighted by molar-refractivity contribution is 0.420. The predicted molar refractivity (Wildman–Crippen MR) is 107 cm³/mol. The summed E-state index contributed by atoms with van der Waals surface area (Å²) in [6, 6.07) is 1.08. The van der Waals surface area contributed by atoms with Gasteiger partial charge in [-0.05, 0) is 44.2 Å². The zero-order chi connectivity index (χ0) is 18.6. The van der Waals surface area contributed by atoms with Crippen LogP contribution in [0.3, 0.4) is 0 Å². The number of nitrogens with two attached hydrogens (primary N) is 2. The molecule has 0 spiro atoms. The van der Waals surface area contributed by atoms with Gasteiger partial charge in [-0.25, -0.2) is 9.18 Å². The van der Waals surface area contributed by atoms with E-state index in [0.29, 0.717) is 24.3 Å². The number of nitrogens with zero attached hydrogens (tertiary/aromatic N) is 3. The SMILES string of the molecule is Cl.NCC1CCCN(c2c(F)cc3c(=O)n(N)c(=O)n(C4CC4)c3c2Cl)C1. The lowest BCUT2D eigenvalue weighted by Crippen LogP contribution is -2.45. The molecule has 0 radical (unpaired) electrons. The molecule has 7 nitrogen and oxygen atoms in total. The van der Waals surface area contributed by atoms with Crippen molar-refractivity contribution < 1.29 is 4.39 Å². The van der Waals surface area contributed by atoms with Gasteiger partial charge in [0.25, 0.3) is 5.56 Å². The molecule has 0 bridgehead atoms. The number of benzene rings is 1. The predicted octanol–water partition coefficient (Wildman–Crippen LogP) is 1.60. The van der Waals surface area contributed by atoms with Crippen LogP contribution < -0.4 is 27.7 Å². The Morgan fingerprint density at radius 2 is 1.96 bits per heavy atom. The van der Waals surface area contributed by atoms with Crippen molar-refractivity contribution in [3.63, 3.8) is 0 Å². The highest BCUT2D eigenvalue weighted by Gasteiger charge is 2.32. The van der Waals surface area contributed by atoms with E-state index in [1.54, 1.807) is 0 Å². The van der Waals surface area contributed by atoms with Gasteiger partial charge in [0.1, 0.15) is 5.82 Å². The van der Waals surface area contributed by atoms with E-state index in [0.717, 1.165) is 31.7 Å². The maximum Gasteiger partial charge on any atom is 0.350 e. The van der Waals surface area contributed by atoms with Gasteiger partial charge in [0.15, 0.2) is 0 Å². The highest BCUT2D eigenvalue weighted by molar-refractivity contribution is 6.38. The van der Waals surface area contributed by atoms with E-state index in [1.165, 1.54) is 4.57 Å². The molecule has 1 unspecified atom stereocenters. The van der Waals surface area contributed by atoms with Crippen LogP contribution >= 0.6 is 24.0 Å². The molecule has 2 fully saturated rings. The van der Waals surface area contributed by atoms with Crippen LogP contribution in [0.25, 0.3) is 10.9 Å². The Morgan fingerprint density at radius 1 is 1.26 bits per heavy atom. The summed E-state index contributed by atoms with van der Waals surface area (Å²) in [6.07, 6.45) is 3.48. The van der Waals surface area contributed by atoms with Crippen LogP contribution in [0.1, 0.15) is 31.7 Å². The number of hydrogen-bond donors (Lipinski definition) is 2. The molecular formula is C17H22Cl2FN5O2. The average Bonchev–Trinajstić information content (AvgIpc) is 3.46. The molecule has 2 aromatic rings. The Labute approximate surface area is 166 Å². The molecule has 2 heterocycles. The maximum atomic E-state index is 14.9. The molecule has 1 aromatic carbocycles. The summed E-state index contributed by atoms with van der Waals surface area (Å²) in [4.78, 5) is 26.8. The van der Waals surface area contributed by atoms with Gasteiger partial charge in [0.05, 0.1) is 21.6 Å². The number of rotatable bonds is 3. The highest BCUT2D eigenvalue weighted by atomic mass is 35.5. The second-order valence-electron chi connectivity index (χ2n) is 7.17. The molecule has 1 aliphatic heterocycles. The molecule has 0 amide bonds. The maximum absolute atomic E-state index is 14.9. The molecule has 4 rings (SSSR count). The van der Waals surface area contributed by atoms with E-state index in [4.69, 9.17) is 23.2 Å². The number of nitrogen functional groups attached to an aromatic ring is 1. The summed E-state index contributed by atoms with van der Waals surface area (Å²) in [5.74, 6) is 5.29. The number of aromatic nitrogens is 2. The zero-order valence-electron chi connectivity index (χ0n) is 14.7. The van der Waals surface area contributed by atoms with Crippen molar-refractivity contribution in [2.45, 2.75) is 31.7 Å². The van der Waals surface area contributed by atoms with Crippen molar-refractivity contribution in [2.75, 3.05) is 30.4 Å². The van der Waals surface area contributed by atoms with Crippen LogP contribution in [0.5, 0.6) is 0 Å². The first kappa shape index (κ1) is 20.0. The molecule has 1 saturated carbocycles. The fourth-order valence-corrected chi connectivity index (χ4v) is 4.25. The molecule has 10 heteroatoms. The number of hydrogen-bond acceptors (Lipinski definition) is 5. The van der Waals surface area contributed by atoms with Crippen molar-refractivity contribution in [2.24, 2.45) is 11.7 Å². The Kier molecular flexibility index (Phi) is 5.42. The Hall–Kier alpha value is -1.77. The lowest BCUT2D eigenvalue weighted by atomic mass is 9.97. The monoisotopic (exact) mass is 417 g/mol. The van der Waals surface area contributed by atoms with E-state index in [1.807, 2.05) is 4.90 Å². The van der Waals surface area contributed by atoms with Crippen LogP contribution in [-0.2, 0) is 0 Å². The molecule has 1 aromatic heterocycles. The molecule has 148 valence electrons. The van der Waals surface area contributed by atoms with E-state index in [2.05, 4.69) is 0 Å². The standard InChI is InChI=1S/C17H21ClFN5O2.ClH/c18-13-14-11(16(25)24(21)17(26)23(14)10-3-4-10)6-12(19)15(13)22-5-1-2-9(7-20)8-22;/h6,9-10H,1-5,7-8,20-21H2;1H. The highest BCUT2D eigenvalue weighted by Crippen LogP contribution is 2.41. The largest absolute Gasteiger partial charge is 0.368 e. The Bertz CT molecular complexity index is 1000. The first-order valence-electron chi connectivity index (χ1n) is 8.83. The van der Waals surface area contributed by atoms with Gasteiger partial charge in [0, 0.05) is 19.1 Å². The first-order valence-corrected chi connectivity index (χ1v) is 9.21. The third-order valence-corrected chi connectivity index (χ3v) is 5.71. The van der Waals surface area contributed by atoms with Crippen LogP contribution in [0, 0.1) is 11.7 Å². The first-order chi connectivity index (χ1) is 12.4. The van der Waals surface area contributed by atoms with E-state index in [-0.39, 0.29) is 46.0 Å². The number of anilines is 1. The van der Waals surface area contributed by atoms with Gasteiger partial charge in [-0.2, -0.15) is 4.68 Å². The summed E-state index contributed by atoms with van der Waals surface area (Å²) in [5.41, 5.74) is 4.93. The Balaban J connectivity index is 0.00000210. The van der Waals surface area contributed by atoms with E-state index in [9.17, 15) is 14.0 Å². The quantitative estimate of drug-likeness (QED) is 0.738. The third kappa shape index (κ3) is 3.19. The fraction of sp³-hybridized carbons (Fsp3) is 0.529. The van der Waals surface area contributed by atoms with Gasteiger partial charge in [-0.15, -0.1) is 12.4 Å². The van der Waals surface area contributed by atoms with Gasteiger partial charge < -0.3 is 16.5 Å². The van der Waals surface area contributed by atoms with Crippen LogP contribution in [0.15, 0.2) is 15.7 Å². The van der Waals surface area contributed by atoms with Gasteiger partial charge in [0.2, 0.25) is 0 Å². The zero-order valence-corrected chi connectivity index (χ0v) is 16.2. The minimum Gasteiger partial charge on any atom is -0.368 e. The molecule has 1 atom stereocenters. The number of piperidine rings is 1. The summed E-state index contributed by atoms with van der Waals surface area (Å²) >= 11 is 6.58. The van der Waals surface area contributed by atoms with Crippen LogP contribution in [0.2, 0.25) is 5.02 Å². The van der Waals surface area contributed by atoms with Gasteiger partial charge in [-0.1, -0.05) is 11.6 Å². The van der Waals surface area contributed by atoms with Crippen molar-refractivity contribution in [3.8, 4) is 0 Å². The summed E-state index contributed by atoms with van der Waals surface area (Å²) in [5, 5.41) is 0.122. The lowest BCUT2D eigenvalue weighted by Gasteiger charge is -2.35. The van der Waals surface area contributed by atoms with Gasteiger partial charge >= 0.3 is 5.69 Å². The minimum absolute atomic E-state index is 0. The molecule has 1 aliphatic carbocycles.